The van der Waals surface area contributed by atoms with Crippen molar-refractivity contribution in [2.75, 3.05) is 18.6 Å². The van der Waals surface area contributed by atoms with Gasteiger partial charge in [-0.15, -0.1) is 0 Å². The molecule has 0 aromatic heterocycles. The lowest BCUT2D eigenvalue weighted by molar-refractivity contribution is -0.146. The van der Waals surface area contributed by atoms with E-state index in [9.17, 15) is 14.7 Å². The first-order valence-electron chi connectivity index (χ1n) is 7.12. The molecule has 2 bridgehead atoms. The fraction of sp³-hybridized carbons (Fsp3) is 0.375. The minimum Gasteiger partial charge on any atom is -0.495 e. The number of nitrogens with zero attached hydrogens (tertiary/aromatic N) is 1. The molecule has 0 saturated carbocycles. The van der Waals surface area contributed by atoms with Gasteiger partial charge in [-0.25, -0.2) is 0 Å². The van der Waals surface area contributed by atoms with Crippen molar-refractivity contribution in [3.8, 4) is 5.75 Å². The van der Waals surface area contributed by atoms with E-state index in [4.69, 9.17) is 9.47 Å². The molecule has 1 spiro atoms. The van der Waals surface area contributed by atoms with Crippen molar-refractivity contribution < 1.29 is 24.2 Å². The third-order valence-electron chi connectivity index (χ3n) is 4.76. The molecule has 2 fully saturated rings. The lowest BCUT2D eigenvalue weighted by atomic mass is 9.77. The molecule has 0 radical (unpaired) electrons. The van der Waals surface area contributed by atoms with Gasteiger partial charge in [0, 0.05) is 0 Å². The summed E-state index contributed by atoms with van der Waals surface area (Å²) in [6.07, 6.45) is 3.09. The highest BCUT2D eigenvalue weighted by Gasteiger charge is 2.67. The maximum Gasteiger partial charge on any atom is 0.310 e. The van der Waals surface area contributed by atoms with Gasteiger partial charge in [-0.3, -0.25) is 9.59 Å². The van der Waals surface area contributed by atoms with Crippen molar-refractivity contribution in [2.45, 2.75) is 11.7 Å². The van der Waals surface area contributed by atoms with E-state index in [2.05, 4.69) is 0 Å². The number of carbonyl (C=O) groups is 2. The van der Waals surface area contributed by atoms with Crippen LogP contribution in [0.15, 0.2) is 36.4 Å². The Morgan fingerprint density at radius 1 is 1.45 bits per heavy atom. The van der Waals surface area contributed by atoms with Crippen LogP contribution >= 0.6 is 0 Å². The van der Waals surface area contributed by atoms with Crippen LogP contribution in [-0.2, 0) is 14.3 Å². The minimum absolute atomic E-state index is 0.219. The van der Waals surface area contributed by atoms with E-state index >= 15 is 0 Å². The second-order valence-corrected chi connectivity index (χ2v) is 5.83. The minimum atomic E-state index is -0.989. The highest BCUT2D eigenvalue weighted by molar-refractivity contribution is 6.03. The molecule has 3 heterocycles. The molecule has 6 nitrogen and oxygen atoms in total. The Kier molecular flexibility index (Phi) is 2.62. The summed E-state index contributed by atoms with van der Waals surface area (Å²) in [5.74, 6) is -2.13. The second kappa shape index (κ2) is 4.33. The summed E-state index contributed by atoms with van der Waals surface area (Å²) in [6, 6.07) is 7.21. The molecule has 2 saturated heterocycles. The van der Waals surface area contributed by atoms with Crippen molar-refractivity contribution in [3.63, 3.8) is 0 Å². The van der Waals surface area contributed by atoms with Crippen molar-refractivity contribution in [1.29, 1.82) is 0 Å². The monoisotopic (exact) mass is 301 g/mol. The number of ether oxygens (including phenoxy) is 2. The zero-order chi connectivity index (χ0) is 15.5. The smallest absolute Gasteiger partial charge is 0.310 e. The van der Waals surface area contributed by atoms with E-state index in [1.165, 1.54) is 0 Å². The number of carboxylic acids is 1. The van der Waals surface area contributed by atoms with Crippen LogP contribution in [0.2, 0.25) is 0 Å². The second-order valence-electron chi connectivity index (χ2n) is 5.83. The SMILES string of the molecule is COc1ccccc1N1C[C@@]23C=C[C@@H](O2)[C@H](C(=O)O)[C@H]3C1=O. The number of carboxylic acid groups (broad SMARTS) is 1. The molecule has 0 unspecified atom stereocenters. The zero-order valence-corrected chi connectivity index (χ0v) is 11.9. The average Bonchev–Trinajstić information content (AvgIpc) is 3.15. The molecule has 4 atom stereocenters. The predicted molar refractivity (Wildman–Crippen MR) is 76.7 cm³/mol. The van der Waals surface area contributed by atoms with Gasteiger partial charge in [-0.2, -0.15) is 0 Å². The summed E-state index contributed by atoms with van der Waals surface area (Å²) in [7, 11) is 1.54. The van der Waals surface area contributed by atoms with Crippen LogP contribution in [0.25, 0.3) is 0 Å². The fourth-order valence-electron chi connectivity index (χ4n) is 3.84. The highest BCUT2D eigenvalue weighted by Crippen LogP contribution is 2.53. The number of rotatable bonds is 3. The van der Waals surface area contributed by atoms with Crippen LogP contribution < -0.4 is 9.64 Å². The van der Waals surface area contributed by atoms with Crippen LogP contribution in [0.3, 0.4) is 0 Å². The Balaban J connectivity index is 1.77. The summed E-state index contributed by atoms with van der Waals surface area (Å²) < 4.78 is 11.2. The van der Waals surface area contributed by atoms with E-state index < -0.39 is 29.5 Å². The van der Waals surface area contributed by atoms with E-state index in [-0.39, 0.29) is 5.91 Å². The molecule has 1 aromatic carbocycles. The molecule has 1 amide bonds. The Labute approximate surface area is 126 Å². The van der Waals surface area contributed by atoms with Gasteiger partial charge in [0.2, 0.25) is 5.91 Å². The van der Waals surface area contributed by atoms with E-state index in [1.54, 1.807) is 30.2 Å². The van der Waals surface area contributed by atoms with Crippen molar-refractivity contribution in [1.82, 2.24) is 0 Å². The van der Waals surface area contributed by atoms with E-state index in [0.29, 0.717) is 18.0 Å². The Bertz CT molecular complexity index is 700. The predicted octanol–water partition coefficient (Wildman–Crippen LogP) is 1.07. The van der Waals surface area contributed by atoms with Crippen molar-refractivity contribution in [2.24, 2.45) is 11.8 Å². The summed E-state index contributed by atoms with van der Waals surface area (Å²) >= 11 is 0. The van der Waals surface area contributed by atoms with Crippen LogP contribution in [0.5, 0.6) is 5.75 Å². The van der Waals surface area contributed by atoms with Gasteiger partial charge in [0.15, 0.2) is 0 Å². The summed E-state index contributed by atoms with van der Waals surface area (Å²) in [4.78, 5) is 26.0. The fourth-order valence-corrected chi connectivity index (χ4v) is 3.84. The standard InChI is InChI=1S/C16H15NO5/c1-21-10-5-3-2-4-9(10)17-8-16-7-6-11(22-16)12(15(19)20)13(16)14(17)18/h2-7,11-13H,8H2,1H3,(H,19,20)/t11-,12+,13+,16-/m1/s1. The number of anilines is 1. The summed E-state index contributed by atoms with van der Waals surface area (Å²) in [5, 5.41) is 9.45. The van der Waals surface area contributed by atoms with Gasteiger partial charge >= 0.3 is 5.97 Å². The molecule has 1 N–H and O–H groups in total. The normalized spacial score (nSPS) is 35.0. The third-order valence-corrected chi connectivity index (χ3v) is 4.76. The number of para-hydroxylation sites is 2. The maximum atomic E-state index is 12.8. The molecular weight excluding hydrogens is 286 g/mol. The highest BCUT2D eigenvalue weighted by atomic mass is 16.5. The number of benzene rings is 1. The van der Waals surface area contributed by atoms with Gasteiger partial charge in [-0.05, 0) is 12.1 Å². The van der Waals surface area contributed by atoms with Crippen molar-refractivity contribution in [3.05, 3.63) is 36.4 Å². The van der Waals surface area contributed by atoms with Crippen LogP contribution in [-0.4, -0.2) is 42.3 Å². The van der Waals surface area contributed by atoms with Gasteiger partial charge < -0.3 is 19.5 Å². The number of fused-ring (bicyclic) bond motifs is 1. The van der Waals surface area contributed by atoms with E-state index in [1.807, 2.05) is 18.2 Å². The molecule has 3 aliphatic rings. The molecule has 0 aliphatic carbocycles. The number of carbonyl (C=O) groups excluding carboxylic acids is 1. The van der Waals surface area contributed by atoms with Gasteiger partial charge in [0.1, 0.15) is 17.3 Å². The Morgan fingerprint density at radius 3 is 2.95 bits per heavy atom. The first kappa shape index (κ1) is 13.3. The topological polar surface area (TPSA) is 76.1 Å². The number of hydrogen-bond donors (Lipinski definition) is 1. The molecule has 6 heteroatoms. The summed E-state index contributed by atoms with van der Waals surface area (Å²) in [6.45, 7) is 0.313. The van der Waals surface area contributed by atoms with Crippen LogP contribution in [0.4, 0.5) is 5.69 Å². The number of hydrogen-bond acceptors (Lipinski definition) is 4. The number of amides is 1. The van der Waals surface area contributed by atoms with Crippen LogP contribution in [0.1, 0.15) is 0 Å². The van der Waals surface area contributed by atoms with Gasteiger partial charge in [-0.1, -0.05) is 24.3 Å². The van der Waals surface area contributed by atoms with Gasteiger partial charge in [0.25, 0.3) is 0 Å². The molecular formula is C16H15NO5. The number of aliphatic carboxylic acids is 1. The molecule has 114 valence electrons. The quantitative estimate of drug-likeness (QED) is 0.845. The zero-order valence-electron chi connectivity index (χ0n) is 11.9. The van der Waals surface area contributed by atoms with E-state index in [0.717, 1.165) is 0 Å². The third kappa shape index (κ3) is 1.53. The molecule has 22 heavy (non-hydrogen) atoms. The Morgan fingerprint density at radius 2 is 2.23 bits per heavy atom. The molecule has 1 aromatic rings. The molecule has 3 aliphatic heterocycles. The number of methoxy groups -OCH3 is 1. The first-order chi connectivity index (χ1) is 10.6. The Hall–Kier alpha value is -2.34. The lowest BCUT2D eigenvalue weighted by Gasteiger charge is -2.22. The maximum absolute atomic E-state index is 12.8. The van der Waals surface area contributed by atoms with Crippen molar-refractivity contribution >= 4 is 17.6 Å². The lowest BCUT2D eigenvalue weighted by Crippen LogP contribution is -2.39. The largest absolute Gasteiger partial charge is 0.495 e. The van der Waals surface area contributed by atoms with Crippen LogP contribution in [0, 0.1) is 11.8 Å². The van der Waals surface area contributed by atoms with Gasteiger partial charge in [0.05, 0.1) is 31.4 Å². The average molecular weight is 301 g/mol. The summed E-state index contributed by atoms with van der Waals surface area (Å²) in [5.41, 5.74) is -0.186. The molecule has 4 rings (SSSR count). The first-order valence-corrected chi connectivity index (χ1v) is 7.12.